The third-order valence-electron chi connectivity index (χ3n) is 4.68. The highest BCUT2D eigenvalue weighted by Gasteiger charge is 2.32. The summed E-state index contributed by atoms with van der Waals surface area (Å²) in [7, 11) is 0. The van der Waals surface area contributed by atoms with E-state index in [2.05, 4.69) is 16.8 Å². The number of thiazole rings is 1. The van der Waals surface area contributed by atoms with E-state index in [0.29, 0.717) is 29.4 Å². The first-order valence-electron chi connectivity index (χ1n) is 8.73. The van der Waals surface area contributed by atoms with Gasteiger partial charge in [0.25, 0.3) is 0 Å². The zero-order valence-electron chi connectivity index (χ0n) is 15.1. The predicted molar refractivity (Wildman–Crippen MR) is 96.0 cm³/mol. The summed E-state index contributed by atoms with van der Waals surface area (Å²) < 4.78 is 53.1. The lowest BCUT2D eigenvalue weighted by molar-refractivity contribution is -0.137. The molecule has 2 heterocycles. The summed E-state index contributed by atoms with van der Waals surface area (Å²) in [5, 5.41) is 0.539. The second kappa shape index (κ2) is 7.67. The largest absolute Gasteiger partial charge is 0.416 e. The van der Waals surface area contributed by atoms with Gasteiger partial charge >= 0.3 is 6.18 Å². The molecule has 0 spiro atoms. The second-order valence-corrected chi connectivity index (χ2v) is 8.11. The molecule has 1 atom stereocenters. The Morgan fingerprint density at radius 2 is 2.07 bits per heavy atom. The SMILES string of the molecule is CC(=O)Cc1nc(-c2cc(F)cc(C(F)(F)F)c2)c(CN2CCC[C@H]2C)s1. The molecule has 0 saturated carbocycles. The molecule has 3 rings (SSSR count). The fraction of sp³-hybridized carbons (Fsp3) is 0.474. The maximum absolute atomic E-state index is 13.9. The van der Waals surface area contributed by atoms with Crippen molar-refractivity contribution in [2.45, 2.75) is 51.9 Å². The Hall–Kier alpha value is -1.80. The molecule has 0 amide bonds. The molecule has 0 N–H and O–H groups in total. The van der Waals surface area contributed by atoms with Crippen molar-refractivity contribution in [2.75, 3.05) is 6.54 Å². The van der Waals surface area contributed by atoms with Crippen LogP contribution in [-0.4, -0.2) is 28.3 Å². The van der Waals surface area contributed by atoms with E-state index < -0.39 is 17.6 Å². The molecule has 1 aliphatic rings. The van der Waals surface area contributed by atoms with Gasteiger partial charge in [-0.3, -0.25) is 9.69 Å². The molecule has 146 valence electrons. The topological polar surface area (TPSA) is 33.2 Å². The van der Waals surface area contributed by atoms with Crippen LogP contribution in [0.3, 0.4) is 0 Å². The van der Waals surface area contributed by atoms with Crippen LogP contribution in [0, 0.1) is 5.82 Å². The summed E-state index contributed by atoms with van der Waals surface area (Å²) in [6, 6.07) is 2.84. The average molecular weight is 400 g/mol. The summed E-state index contributed by atoms with van der Waals surface area (Å²) in [6.45, 7) is 4.98. The van der Waals surface area contributed by atoms with Crippen LogP contribution in [-0.2, 0) is 23.9 Å². The van der Waals surface area contributed by atoms with Gasteiger partial charge in [0.15, 0.2) is 0 Å². The van der Waals surface area contributed by atoms with Gasteiger partial charge in [-0.25, -0.2) is 9.37 Å². The number of likely N-dealkylation sites (tertiary alicyclic amines) is 1. The third kappa shape index (κ3) is 4.73. The number of carbonyl (C=O) groups is 1. The van der Waals surface area contributed by atoms with Crippen LogP contribution in [0.1, 0.15) is 42.1 Å². The lowest BCUT2D eigenvalue weighted by Gasteiger charge is -2.20. The van der Waals surface area contributed by atoms with E-state index in [1.54, 1.807) is 0 Å². The fourth-order valence-electron chi connectivity index (χ4n) is 3.32. The highest BCUT2D eigenvalue weighted by molar-refractivity contribution is 7.12. The summed E-state index contributed by atoms with van der Waals surface area (Å²) in [6.07, 6.45) is -2.40. The van der Waals surface area contributed by atoms with Crippen molar-refractivity contribution in [3.8, 4) is 11.3 Å². The molecular weight excluding hydrogens is 380 g/mol. The number of hydrogen-bond donors (Lipinski definition) is 0. The van der Waals surface area contributed by atoms with Crippen LogP contribution in [0.25, 0.3) is 11.3 Å². The van der Waals surface area contributed by atoms with Crippen LogP contribution in [0.2, 0.25) is 0 Å². The van der Waals surface area contributed by atoms with E-state index in [0.717, 1.165) is 36.4 Å². The summed E-state index contributed by atoms with van der Waals surface area (Å²) in [5.74, 6) is -1.03. The summed E-state index contributed by atoms with van der Waals surface area (Å²) in [4.78, 5) is 18.8. The van der Waals surface area contributed by atoms with Crippen molar-refractivity contribution in [3.63, 3.8) is 0 Å². The number of nitrogens with zero attached hydrogens (tertiary/aromatic N) is 2. The fourth-order valence-corrected chi connectivity index (χ4v) is 4.51. The first-order valence-corrected chi connectivity index (χ1v) is 9.55. The first-order chi connectivity index (χ1) is 12.6. The van der Waals surface area contributed by atoms with Crippen molar-refractivity contribution < 1.29 is 22.4 Å². The van der Waals surface area contributed by atoms with Crippen molar-refractivity contribution in [1.29, 1.82) is 0 Å². The minimum atomic E-state index is -4.64. The van der Waals surface area contributed by atoms with Gasteiger partial charge in [0.2, 0.25) is 0 Å². The van der Waals surface area contributed by atoms with E-state index in [4.69, 9.17) is 0 Å². The molecule has 0 radical (unpaired) electrons. The molecule has 1 fully saturated rings. The Balaban J connectivity index is 2.03. The van der Waals surface area contributed by atoms with Gasteiger partial charge < -0.3 is 0 Å². The van der Waals surface area contributed by atoms with Crippen molar-refractivity contribution >= 4 is 17.1 Å². The van der Waals surface area contributed by atoms with Crippen LogP contribution in [0.4, 0.5) is 17.6 Å². The Labute approximate surface area is 159 Å². The van der Waals surface area contributed by atoms with Crippen molar-refractivity contribution in [2.24, 2.45) is 0 Å². The summed E-state index contributed by atoms with van der Waals surface area (Å²) >= 11 is 1.31. The van der Waals surface area contributed by atoms with Gasteiger partial charge in [-0.1, -0.05) is 0 Å². The van der Waals surface area contributed by atoms with Gasteiger partial charge in [-0.05, 0) is 51.4 Å². The van der Waals surface area contributed by atoms with Gasteiger partial charge in [0.1, 0.15) is 16.6 Å². The van der Waals surface area contributed by atoms with Crippen LogP contribution in [0.5, 0.6) is 0 Å². The van der Waals surface area contributed by atoms with E-state index in [-0.39, 0.29) is 17.8 Å². The highest BCUT2D eigenvalue weighted by Crippen LogP contribution is 2.36. The lowest BCUT2D eigenvalue weighted by Crippen LogP contribution is -2.25. The van der Waals surface area contributed by atoms with Crippen molar-refractivity contribution in [3.05, 3.63) is 39.5 Å². The Bertz CT molecular complexity index is 847. The second-order valence-electron chi connectivity index (χ2n) is 6.95. The number of rotatable bonds is 5. The number of aromatic nitrogens is 1. The standard InChI is InChI=1S/C19H20F4N2OS/c1-11-4-3-5-25(11)10-16-18(24-17(27-16)6-12(2)26)13-7-14(19(21,22)23)9-15(20)8-13/h7-9,11H,3-6,10H2,1-2H3/t11-/m1/s1. The Kier molecular flexibility index (Phi) is 5.67. The van der Waals surface area contributed by atoms with E-state index >= 15 is 0 Å². The highest BCUT2D eigenvalue weighted by atomic mass is 32.1. The normalized spacial score (nSPS) is 18.2. The smallest absolute Gasteiger partial charge is 0.300 e. The predicted octanol–water partition coefficient (Wildman–Crippen LogP) is 5.08. The number of carbonyl (C=O) groups excluding carboxylic acids is 1. The number of hydrogen-bond acceptors (Lipinski definition) is 4. The molecule has 3 nitrogen and oxygen atoms in total. The molecule has 2 aromatic rings. The third-order valence-corrected chi connectivity index (χ3v) is 5.72. The van der Waals surface area contributed by atoms with Crippen molar-refractivity contribution in [1.82, 2.24) is 9.88 Å². The molecule has 27 heavy (non-hydrogen) atoms. The molecule has 0 bridgehead atoms. The number of alkyl halides is 3. The molecule has 0 unspecified atom stereocenters. The molecule has 0 aliphatic carbocycles. The maximum Gasteiger partial charge on any atom is 0.416 e. The van der Waals surface area contributed by atoms with E-state index in [1.807, 2.05) is 0 Å². The number of Topliss-reactive ketones (excluding diaryl/α,β-unsaturated/α-hetero) is 1. The van der Waals surface area contributed by atoms with Gasteiger partial charge in [-0.15, -0.1) is 11.3 Å². The number of ketones is 1. The Morgan fingerprint density at radius 1 is 1.33 bits per heavy atom. The molecule has 1 aromatic heterocycles. The average Bonchev–Trinajstić information content (AvgIpc) is 3.12. The minimum Gasteiger partial charge on any atom is -0.300 e. The monoisotopic (exact) mass is 400 g/mol. The van der Waals surface area contributed by atoms with Gasteiger partial charge in [0, 0.05) is 23.0 Å². The van der Waals surface area contributed by atoms with Crippen LogP contribution in [0.15, 0.2) is 18.2 Å². The maximum atomic E-state index is 13.9. The minimum absolute atomic E-state index is 0.0772. The van der Waals surface area contributed by atoms with E-state index in [1.165, 1.54) is 18.3 Å². The molecule has 1 saturated heterocycles. The van der Waals surface area contributed by atoms with Crippen LogP contribution >= 0.6 is 11.3 Å². The number of halogens is 4. The first kappa shape index (κ1) is 19.9. The lowest BCUT2D eigenvalue weighted by atomic mass is 10.1. The Morgan fingerprint density at radius 3 is 2.67 bits per heavy atom. The van der Waals surface area contributed by atoms with Gasteiger partial charge in [0.05, 0.1) is 17.7 Å². The van der Waals surface area contributed by atoms with Gasteiger partial charge in [-0.2, -0.15) is 13.2 Å². The molecule has 8 heteroatoms. The zero-order chi connectivity index (χ0) is 19.8. The zero-order valence-corrected chi connectivity index (χ0v) is 15.9. The quantitative estimate of drug-likeness (QED) is 0.656. The number of benzene rings is 1. The summed E-state index contributed by atoms with van der Waals surface area (Å²) in [5.41, 5.74) is -0.616. The van der Waals surface area contributed by atoms with E-state index in [9.17, 15) is 22.4 Å². The van der Waals surface area contributed by atoms with Crippen LogP contribution < -0.4 is 0 Å². The molecule has 1 aliphatic heterocycles. The molecule has 1 aromatic carbocycles. The molecular formula is C19H20F4N2OS.